The summed E-state index contributed by atoms with van der Waals surface area (Å²) in [6.45, 7) is 29.6. The van der Waals surface area contributed by atoms with Crippen LogP contribution < -0.4 is 30.4 Å². The standard InChI is InChI=1S/C76H76BN3S/c1-72(2,3)52-28-33-55(34-29-52)78(64-27-21-20-26-59(64)50-24-18-15-19-25-50)58-38-40-63-65(48-58)79(56-35-30-53(31-36-56)73(4,5)6)66-44-51(49-22-16-14-17-23-49)45-67-69(66)77(63)71-70(60-46-54(74(7,8)9)32-41-68(60)81-71)80(67)57-37-39-61-62(47-57)76(12,13)43-42-75(61,10)11/h14-41,44-48H,42-43H2,1-13H3/i14D,16D,17D,22D,23D. The summed E-state index contributed by atoms with van der Waals surface area (Å²) in [5, 5.41) is 1.16. The van der Waals surface area contributed by atoms with E-state index in [4.69, 9.17) is 4.11 Å². The van der Waals surface area contributed by atoms with E-state index in [9.17, 15) is 2.74 Å². The van der Waals surface area contributed by atoms with E-state index in [1.165, 1.54) is 37.3 Å². The average molecular weight is 1080 g/mol. The summed E-state index contributed by atoms with van der Waals surface area (Å²) >= 11 is 1.87. The van der Waals surface area contributed by atoms with Gasteiger partial charge in [-0.3, -0.25) is 0 Å². The van der Waals surface area contributed by atoms with Gasteiger partial charge in [-0.1, -0.05) is 211 Å². The first-order chi connectivity index (χ1) is 40.6. The molecule has 5 heteroatoms. The van der Waals surface area contributed by atoms with Crippen LogP contribution in [-0.2, 0) is 27.1 Å². The van der Waals surface area contributed by atoms with Crippen molar-refractivity contribution >= 4 is 95.0 Å². The Morgan fingerprint density at radius 2 is 1.07 bits per heavy atom. The fourth-order valence-electron chi connectivity index (χ4n) is 13.1. The zero-order valence-electron chi connectivity index (χ0n) is 54.4. The van der Waals surface area contributed by atoms with Crippen LogP contribution in [0.3, 0.4) is 0 Å². The first-order valence-corrected chi connectivity index (χ1v) is 29.8. The molecule has 0 saturated carbocycles. The molecule has 0 unspecified atom stereocenters. The highest BCUT2D eigenvalue weighted by molar-refractivity contribution is 7.33. The van der Waals surface area contributed by atoms with Crippen LogP contribution in [0.2, 0.25) is 0 Å². The van der Waals surface area contributed by atoms with E-state index in [0.29, 0.717) is 5.56 Å². The number of hydrogen-bond acceptors (Lipinski definition) is 4. The minimum atomic E-state index is -0.415. The number of thiophene rings is 1. The largest absolute Gasteiger partial charge is 0.311 e. The van der Waals surface area contributed by atoms with E-state index in [-0.39, 0.29) is 63.5 Å². The van der Waals surface area contributed by atoms with Gasteiger partial charge in [-0.15, -0.1) is 11.3 Å². The summed E-state index contributed by atoms with van der Waals surface area (Å²) in [5.41, 5.74) is 20.1. The van der Waals surface area contributed by atoms with Gasteiger partial charge >= 0.3 is 0 Å². The highest BCUT2D eigenvalue weighted by Gasteiger charge is 2.47. The summed E-state index contributed by atoms with van der Waals surface area (Å²) in [7, 11) is 0. The Morgan fingerprint density at radius 3 is 1.74 bits per heavy atom. The lowest BCUT2D eigenvalue weighted by molar-refractivity contribution is 0.332. The second kappa shape index (κ2) is 19.0. The Bertz CT molecular complexity index is 4340. The van der Waals surface area contributed by atoms with E-state index in [1.54, 1.807) is 0 Å². The zero-order chi connectivity index (χ0) is 60.9. The maximum atomic E-state index is 9.65. The molecule has 0 spiro atoms. The minimum absolute atomic E-state index is 0.0149. The van der Waals surface area contributed by atoms with Crippen LogP contribution in [0.4, 0.5) is 51.2 Å². The molecule has 0 N–H and O–H groups in total. The molecule has 3 aliphatic rings. The highest BCUT2D eigenvalue weighted by Crippen LogP contribution is 2.54. The quantitative estimate of drug-likeness (QED) is 0.147. The van der Waals surface area contributed by atoms with Gasteiger partial charge in [0.1, 0.15) is 0 Å². The van der Waals surface area contributed by atoms with Crippen molar-refractivity contribution in [3.8, 4) is 22.3 Å². The molecule has 3 heterocycles. The van der Waals surface area contributed by atoms with Gasteiger partial charge in [0, 0.05) is 60.2 Å². The third-order valence-corrected chi connectivity index (χ3v) is 19.1. The van der Waals surface area contributed by atoms with Crippen molar-refractivity contribution in [1.82, 2.24) is 0 Å². The number of nitrogens with zero attached hydrogens (tertiary/aromatic N) is 3. The number of fused-ring (bicyclic) bond motifs is 7. The molecule has 3 nitrogen and oxygen atoms in total. The molecule has 10 aromatic rings. The van der Waals surface area contributed by atoms with E-state index in [2.05, 4.69) is 275 Å². The minimum Gasteiger partial charge on any atom is -0.311 e. The lowest BCUT2D eigenvalue weighted by Gasteiger charge is -2.45. The van der Waals surface area contributed by atoms with Gasteiger partial charge in [-0.25, -0.2) is 0 Å². The van der Waals surface area contributed by atoms with Gasteiger partial charge in [0.25, 0.3) is 6.71 Å². The molecule has 0 radical (unpaired) electrons. The average Bonchev–Trinajstić information content (AvgIpc) is 1.23. The molecule has 9 aromatic carbocycles. The molecule has 0 saturated heterocycles. The van der Waals surface area contributed by atoms with E-state index in [1.807, 2.05) is 11.3 Å². The van der Waals surface area contributed by atoms with Crippen molar-refractivity contribution < 1.29 is 6.85 Å². The predicted molar refractivity (Wildman–Crippen MR) is 353 cm³/mol. The van der Waals surface area contributed by atoms with Crippen molar-refractivity contribution in [3.05, 3.63) is 228 Å². The monoisotopic (exact) mass is 1080 g/mol. The van der Waals surface area contributed by atoms with Crippen LogP contribution in [-0.4, -0.2) is 6.71 Å². The fraction of sp³-hybridized carbons (Fsp3) is 0.263. The van der Waals surface area contributed by atoms with Gasteiger partial charge in [-0.2, -0.15) is 0 Å². The normalized spacial score (nSPS) is 16.1. The molecular weight excluding hydrogens is 998 g/mol. The third-order valence-electron chi connectivity index (χ3n) is 17.9. The number of para-hydroxylation sites is 1. The summed E-state index contributed by atoms with van der Waals surface area (Å²) < 4.78 is 48.7. The summed E-state index contributed by atoms with van der Waals surface area (Å²) in [4.78, 5) is 7.28. The Kier molecular flexibility index (Phi) is 11.0. The lowest BCUT2D eigenvalue weighted by Crippen LogP contribution is -2.60. The molecule has 0 atom stereocenters. The molecule has 0 bridgehead atoms. The molecule has 404 valence electrons. The first kappa shape index (κ1) is 47.1. The Morgan fingerprint density at radius 1 is 0.494 bits per heavy atom. The molecule has 2 aliphatic heterocycles. The molecule has 13 rings (SSSR count). The van der Waals surface area contributed by atoms with Crippen molar-refractivity contribution in [3.63, 3.8) is 0 Å². The van der Waals surface area contributed by atoms with Gasteiger partial charge < -0.3 is 14.7 Å². The number of benzene rings is 9. The maximum absolute atomic E-state index is 9.65. The zero-order valence-corrected chi connectivity index (χ0v) is 50.2. The van der Waals surface area contributed by atoms with Crippen LogP contribution in [0.5, 0.6) is 0 Å². The van der Waals surface area contributed by atoms with Crippen LogP contribution in [0.15, 0.2) is 200 Å². The topological polar surface area (TPSA) is 9.72 Å². The van der Waals surface area contributed by atoms with Crippen molar-refractivity contribution in [1.29, 1.82) is 0 Å². The Labute approximate surface area is 494 Å². The van der Waals surface area contributed by atoms with Crippen LogP contribution in [0, 0.1) is 0 Å². The summed E-state index contributed by atoms with van der Waals surface area (Å²) in [5.74, 6) is 0. The van der Waals surface area contributed by atoms with Crippen LogP contribution in [0.25, 0.3) is 32.3 Å². The molecule has 0 amide bonds. The van der Waals surface area contributed by atoms with E-state index >= 15 is 0 Å². The SMILES string of the molecule is [2H]c1c([2H])c([2H])c(-c2cc3c4c(c2)N(c2ccc5c(c2)C(C)(C)CCC5(C)C)c2c(sc5ccc(C(C)(C)C)cc25)B4c2ccc(N(c4ccc(C(C)(C)C)cc4)c4ccccc4-c4ccccc4)cc2N3c2ccc(C(C)(C)C)cc2)c([2H])c1[2H]. The van der Waals surface area contributed by atoms with E-state index < -0.39 is 6.04 Å². The van der Waals surface area contributed by atoms with Crippen molar-refractivity contribution in [2.24, 2.45) is 0 Å². The fourth-order valence-corrected chi connectivity index (χ4v) is 14.4. The number of hydrogen-bond donors (Lipinski definition) is 0. The van der Waals surface area contributed by atoms with E-state index in [0.717, 1.165) is 91.5 Å². The van der Waals surface area contributed by atoms with Gasteiger partial charge in [-0.05, 0) is 174 Å². The number of rotatable bonds is 7. The second-order valence-electron chi connectivity index (χ2n) is 27.4. The first-order valence-electron chi connectivity index (χ1n) is 31.5. The molecule has 1 aromatic heterocycles. The van der Waals surface area contributed by atoms with Gasteiger partial charge in [0.15, 0.2) is 0 Å². The smallest absolute Gasteiger partial charge is 0.264 e. The molecule has 0 fully saturated rings. The number of anilines is 9. The molecule has 81 heavy (non-hydrogen) atoms. The second-order valence-corrected chi connectivity index (χ2v) is 28.4. The van der Waals surface area contributed by atoms with Gasteiger partial charge in [0.2, 0.25) is 0 Å². The Balaban J connectivity index is 1.17. The highest BCUT2D eigenvalue weighted by atomic mass is 32.1. The molecular formula is C76H76BN3S. The molecule has 1 aliphatic carbocycles. The lowest BCUT2D eigenvalue weighted by atomic mass is 9.36. The summed E-state index contributed by atoms with van der Waals surface area (Å²) in [6.07, 6.45) is 2.15. The summed E-state index contributed by atoms with van der Waals surface area (Å²) in [6, 6.07) is 61.2. The predicted octanol–water partition coefficient (Wildman–Crippen LogP) is 20.0. The van der Waals surface area contributed by atoms with Crippen molar-refractivity contribution in [2.75, 3.05) is 14.7 Å². The van der Waals surface area contributed by atoms with Crippen LogP contribution >= 0.6 is 11.3 Å². The maximum Gasteiger partial charge on any atom is 0.264 e. The van der Waals surface area contributed by atoms with Gasteiger partial charge in [0.05, 0.1) is 18.2 Å². The van der Waals surface area contributed by atoms with Crippen molar-refractivity contribution in [2.45, 2.75) is 130 Å². The Hall–Kier alpha value is -7.60. The van der Waals surface area contributed by atoms with Crippen LogP contribution in [0.1, 0.15) is 138 Å². The third kappa shape index (κ3) is 9.03.